The first-order chi connectivity index (χ1) is 11.4. The average Bonchev–Trinajstić information content (AvgIpc) is 3.18. The maximum atomic E-state index is 12.5. The van der Waals surface area contributed by atoms with Gasteiger partial charge in [0.2, 0.25) is 5.89 Å². The fraction of sp³-hybridized carbons (Fsp3) is 0.500. The molecule has 0 aliphatic carbocycles. The summed E-state index contributed by atoms with van der Waals surface area (Å²) in [4.78, 5) is 5.46. The van der Waals surface area contributed by atoms with Crippen LogP contribution in [0.1, 0.15) is 23.7 Å². The molecule has 2 aromatic rings. The number of rotatable bonds is 5. The lowest BCUT2D eigenvalue weighted by molar-refractivity contribution is -0.146. The Kier molecular flexibility index (Phi) is 4.75. The molecule has 1 unspecified atom stereocenters. The van der Waals surface area contributed by atoms with E-state index in [1.807, 2.05) is 29.2 Å². The van der Waals surface area contributed by atoms with Gasteiger partial charge >= 0.3 is 6.18 Å². The molecule has 0 saturated carbocycles. The van der Waals surface area contributed by atoms with Gasteiger partial charge in [-0.25, -0.2) is 0 Å². The number of alkyl halides is 3. The number of methoxy groups -OCH3 is 1. The highest BCUT2D eigenvalue weighted by molar-refractivity contribution is 5.27. The lowest BCUT2D eigenvalue weighted by Gasteiger charge is -2.13. The lowest BCUT2D eigenvalue weighted by atomic mass is 9.99. The largest absolute Gasteiger partial charge is 0.497 e. The molecule has 130 valence electrons. The predicted octanol–water partition coefficient (Wildman–Crippen LogP) is 3.16. The Morgan fingerprint density at radius 2 is 2.04 bits per heavy atom. The lowest BCUT2D eigenvalue weighted by Crippen LogP contribution is -2.21. The van der Waals surface area contributed by atoms with Crippen molar-refractivity contribution < 1.29 is 22.4 Å². The Labute approximate surface area is 137 Å². The third-order valence-electron chi connectivity index (χ3n) is 4.13. The van der Waals surface area contributed by atoms with Gasteiger partial charge in [0, 0.05) is 6.54 Å². The number of aromatic nitrogens is 2. The van der Waals surface area contributed by atoms with E-state index in [4.69, 9.17) is 9.26 Å². The van der Waals surface area contributed by atoms with Gasteiger partial charge in [-0.05, 0) is 43.0 Å². The standard InChI is InChI=1S/C16H18F3N3O2/c1-23-13-4-2-11(3-5-13)8-12-6-7-22(9-12)10-14-20-15(21-24-14)16(17,18)19/h2-5,12H,6-10H2,1H3. The fourth-order valence-electron chi connectivity index (χ4n) is 2.94. The molecule has 1 saturated heterocycles. The molecule has 24 heavy (non-hydrogen) atoms. The Hall–Kier alpha value is -2.09. The normalized spacial score (nSPS) is 18.9. The van der Waals surface area contributed by atoms with Gasteiger partial charge < -0.3 is 9.26 Å². The van der Waals surface area contributed by atoms with Crippen molar-refractivity contribution in [3.63, 3.8) is 0 Å². The molecule has 1 aromatic heterocycles. The quantitative estimate of drug-likeness (QED) is 0.836. The predicted molar refractivity (Wildman–Crippen MR) is 79.4 cm³/mol. The third-order valence-corrected chi connectivity index (χ3v) is 4.13. The number of likely N-dealkylation sites (tertiary alicyclic amines) is 1. The van der Waals surface area contributed by atoms with E-state index < -0.39 is 12.0 Å². The minimum absolute atomic E-state index is 0.00687. The SMILES string of the molecule is COc1ccc(CC2CCN(Cc3nc(C(F)(F)F)no3)C2)cc1. The molecule has 1 atom stereocenters. The zero-order valence-corrected chi connectivity index (χ0v) is 13.2. The molecule has 1 fully saturated rings. The van der Waals surface area contributed by atoms with E-state index in [-0.39, 0.29) is 12.4 Å². The molecule has 0 bridgehead atoms. The summed E-state index contributed by atoms with van der Waals surface area (Å²) in [6, 6.07) is 7.93. The van der Waals surface area contributed by atoms with E-state index in [9.17, 15) is 13.2 Å². The maximum absolute atomic E-state index is 12.5. The first kappa shape index (κ1) is 16.8. The van der Waals surface area contributed by atoms with E-state index in [0.29, 0.717) is 5.92 Å². The molecule has 0 spiro atoms. The molecule has 0 N–H and O–H groups in total. The second-order valence-corrected chi connectivity index (χ2v) is 5.95. The van der Waals surface area contributed by atoms with Crippen LogP contribution in [0.25, 0.3) is 0 Å². The number of benzene rings is 1. The maximum Gasteiger partial charge on any atom is 0.455 e. The van der Waals surface area contributed by atoms with Crippen molar-refractivity contribution in [3.8, 4) is 5.75 Å². The summed E-state index contributed by atoms with van der Waals surface area (Å²) in [5, 5.41) is 2.98. The van der Waals surface area contributed by atoms with Crippen molar-refractivity contribution in [2.24, 2.45) is 5.92 Å². The van der Waals surface area contributed by atoms with Gasteiger partial charge in [0.05, 0.1) is 13.7 Å². The molecule has 0 amide bonds. The van der Waals surface area contributed by atoms with Crippen LogP contribution in [0.5, 0.6) is 5.75 Å². The van der Waals surface area contributed by atoms with Crippen molar-refractivity contribution >= 4 is 0 Å². The third kappa shape index (κ3) is 4.05. The minimum Gasteiger partial charge on any atom is -0.497 e. The summed E-state index contributed by atoms with van der Waals surface area (Å²) in [6.45, 7) is 1.86. The Morgan fingerprint density at radius 3 is 2.67 bits per heavy atom. The van der Waals surface area contributed by atoms with Crippen LogP contribution in [0.2, 0.25) is 0 Å². The second-order valence-electron chi connectivity index (χ2n) is 5.95. The first-order valence-electron chi connectivity index (χ1n) is 7.69. The topological polar surface area (TPSA) is 51.4 Å². The number of halogens is 3. The molecule has 1 aliphatic rings. The Bertz CT molecular complexity index is 670. The van der Waals surface area contributed by atoms with Gasteiger partial charge in [-0.3, -0.25) is 4.90 Å². The van der Waals surface area contributed by atoms with Crippen LogP contribution in [-0.2, 0) is 19.1 Å². The van der Waals surface area contributed by atoms with Crippen molar-refractivity contribution in [3.05, 3.63) is 41.5 Å². The van der Waals surface area contributed by atoms with Crippen LogP contribution in [0.15, 0.2) is 28.8 Å². The van der Waals surface area contributed by atoms with Gasteiger partial charge in [-0.2, -0.15) is 18.2 Å². The summed E-state index contributed by atoms with van der Waals surface area (Å²) in [7, 11) is 1.63. The number of hydrogen-bond donors (Lipinski definition) is 0. The number of hydrogen-bond acceptors (Lipinski definition) is 5. The fourth-order valence-corrected chi connectivity index (χ4v) is 2.94. The number of ether oxygens (including phenoxy) is 1. The van der Waals surface area contributed by atoms with Crippen LogP contribution in [0, 0.1) is 5.92 Å². The molecule has 1 aromatic carbocycles. The van der Waals surface area contributed by atoms with Crippen molar-refractivity contribution in [2.45, 2.75) is 25.6 Å². The van der Waals surface area contributed by atoms with Crippen LogP contribution in [0.3, 0.4) is 0 Å². The highest BCUT2D eigenvalue weighted by Crippen LogP contribution is 2.27. The average molecular weight is 341 g/mol. The van der Waals surface area contributed by atoms with Gasteiger partial charge in [-0.15, -0.1) is 0 Å². The first-order valence-corrected chi connectivity index (χ1v) is 7.69. The van der Waals surface area contributed by atoms with Gasteiger partial charge in [0.1, 0.15) is 5.75 Å². The molecule has 8 heteroatoms. The van der Waals surface area contributed by atoms with E-state index in [2.05, 4.69) is 10.1 Å². The van der Waals surface area contributed by atoms with Crippen molar-refractivity contribution in [1.82, 2.24) is 15.0 Å². The van der Waals surface area contributed by atoms with Crippen LogP contribution in [0.4, 0.5) is 13.2 Å². The Morgan fingerprint density at radius 1 is 1.29 bits per heavy atom. The van der Waals surface area contributed by atoms with Crippen LogP contribution < -0.4 is 4.74 Å². The zero-order chi connectivity index (χ0) is 17.2. The molecular weight excluding hydrogens is 323 g/mol. The second kappa shape index (κ2) is 6.80. The van der Waals surface area contributed by atoms with E-state index in [0.717, 1.165) is 31.7 Å². The van der Waals surface area contributed by atoms with Gasteiger partial charge in [-0.1, -0.05) is 17.3 Å². The smallest absolute Gasteiger partial charge is 0.455 e. The Balaban J connectivity index is 1.52. The summed E-state index contributed by atoms with van der Waals surface area (Å²) in [6.07, 6.45) is -2.64. The molecular formula is C16H18F3N3O2. The summed E-state index contributed by atoms with van der Waals surface area (Å²) < 4.78 is 47.2. The molecule has 3 rings (SSSR count). The summed E-state index contributed by atoms with van der Waals surface area (Å²) in [5.41, 5.74) is 1.22. The van der Waals surface area contributed by atoms with E-state index in [1.165, 1.54) is 5.56 Å². The summed E-state index contributed by atoms with van der Waals surface area (Å²) in [5.74, 6) is 0.0750. The van der Waals surface area contributed by atoms with Crippen molar-refractivity contribution in [1.29, 1.82) is 0 Å². The van der Waals surface area contributed by atoms with E-state index in [1.54, 1.807) is 7.11 Å². The molecule has 0 radical (unpaired) electrons. The highest BCUT2D eigenvalue weighted by Gasteiger charge is 2.37. The zero-order valence-electron chi connectivity index (χ0n) is 13.2. The summed E-state index contributed by atoms with van der Waals surface area (Å²) >= 11 is 0. The van der Waals surface area contributed by atoms with Crippen LogP contribution in [-0.4, -0.2) is 35.2 Å². The molecule has 1 aliphatic heterocycles. The number of nitrogens with zero attached hydrogens (tertiary/aromatic N) is 3. The van der Waals surface area contributed by atoms with Gasteiger partial charge in [0.25, 0.3) is 5.82 Å². The van der Waals surface area contributed by atoms with Crippen molar-refractivity contribution in [2.75, 3.05) is 20.2 Å². The van der Waals surface area contributed by atoms with Gasteiger partial charge in [0.15, 0.2) is 0 Å². The van der Waals surface area contributed by atoms with Crippen LogP contribution >= 0.6 is 0 Å². The van der Waals surface area contributed by atoms with E-state index >= 15 is 0 Å². The molecule has 2 heterocycles. The monoisotopic (exact) mass is 341 g/mol. The minimum atomic E-state index is -4.57. The highest BCUT2D eigenvalue weighted by atomic mass is 19.4. The molecule has 5 nitrogen and oxygen atoms in total.